The van der Waals surface area contributed by atoms with Gasteiger partial charge in [0, 0.05) is 15.6 Å². The number of carbonyl (C=O) groups is 2. The lowest BCUT2D eigenvalue weighted by atomic mass is 10.1. The van der Waals surface area contributed by atoms with Crippen molar-refractivity contribution in [1.82, 2.24) is 4.90 Å². The molecule has 0 saturated heterocycles. The zero-order chi connectivity index (χ0) is 21.3. The summed E-state index contributed by atoms with van der Waals surface area (Å²) in [5, 5.41) is 5.94. The van der Waals surface area contributed by atoms with Crippen LogP contribution in [0.5, 0.6) is 5.75 Å². The molecule has 0 unspecified atom stereocenters. The van der Waals surface area contributed by atoms with Crippen LogP contribution in [0.1, 0.15) is 10.4 Å². The van der Waals surface area contributed by atoms with E-state index < -0.39 is 5.91 Å². The van der Waals surface area contributed by atoms with E-state index in [9.17, 15) is 9.59 Å². The van der Waals surface area contributed by atoms with Gasteiger partial charge in [-0.25, -0.2) is 0 Å². The summed E-state index contributed by atoms with van der Waals surface area (Å²) in [6.45, 7) is 0.151. The van der Waals surface area contributed by atoms with Crippen LogP contribution < -0.4 is 10.1 Å². The van der Waals surface area contributed by atoms with Crippen molar-refractivity contribution in [3.8, 4) is 5.75 Å². The Kier molecular flexibility index (Phi) is 5.81. The van der Waals surface area contributed by atoms with Crippen molar-refractivity contribution in [2.24, 2.45) is 0 Å². The van der Waals surface area contributed by atoms with Gasteiger partial charge in [-0.3, -0.25) is 14.5 Å². The highest BCUT2D eigenvalue weighted by molar-refractivity contribution is 7.11. The van der Waals surface area contributed by atoms with Gasteiger partial charge in [0.15, 0.2) is 0 Å². The molecule has 1 N–H and O–H groups in total. The number of imide groups is 1. The summed E-state index contributed by atoms with van der Waals surface area (Å²) in [6, 6.07) is 15.8. The van der Waals surface area contributed by atoms with Gasteiger partial charge in [-0.1, -0.05) is 41.4 Å². The minimum atomic E-state index is -0.398. The molecule has 30 heavy (non-hydrogen) atoms. The molecular weight excluding hydrogens is 443 g/mol. The highest BCUT2D eigenvalue weighted by atomic mass is 35.5. The third-order valence-corrected chi connectivity index (χ3v) is 6.05. The second-order valence-corrected chi connectivity index (χ2v) is 8.32. The van der Waals surface area contributed by atoms with Crippen LogP contribution in [0.15, 0.2) is 65.7 Å². The van der Waals surface area contributed by atoms with Crippen LogP contribution in [0, 0.1) is 0 Å². The molecule has 5 nitrogen and oxygen atoms in total. The van der Waals surface area contributed by atoms with Crippen LogP contribution in [0.25, 0.3) is 5.57 Å². The highest BCUT2D eigenvalue weighted by Gasteiger charge is 2.39. The van der Waals surface area contributed by atoms with Crippen molar-refractivity contribution >= 4 is 57.6 Å². The van der Waals surface area contributed by atoms with E-state index in [2.05, 4.69) is 5.32 Å². The number of rotatable bonds is 6. The summed E-state index contributed by atoms with van der Waals surface area (Å²) < 4.78 is 5.17. The number of methoxy groups -OCH3 is 1. The molecule has 2 aromatic carbocycles. The molecule has 1 aliphatic rings. The predicted octanol–water partition coefficient (Wildman–Crippen LogP) is 5.46. The number of hydrogen-bond donors (Lipinski definition) is 1. The maximum atomic E-state index is 13.2. The first-order chi connectivity index (χ1) is 14.5. The highest BCUT2D eigenvalue weighted by Crippen LogP contribution is 2.35. The van der Waals surface area contributed by atoms with E-state index in [0.29, 0.717) is 31.9 Å². The number of nitrogens with one attached hydrogen (secondary N) is 1. The summed E-state index contributed by atoms with van der Waals surface area (Å²) in [7, 11) is 1.53. The van der Waals surface area contributed by atoms with Crippen molar-refractivity contribution in [3.63, 3.8) is 0 Å². The molecule has 8 heteroatoms. The Morgan fingerprint density at radius 3 is 2.43 bits per heavy atom. The number of hydrogen-bond acceptors (Lipinski definition) is 5. The molecule has 0 bridgehead atoms. The maximum Gasteiger partial charge on any atom is 0.278 e. The molecule has 0 atom stereocenters. The fourth-order valence-electron chi connectivity index (χ4n) is 3.15. The molecule has 0 radical (unpaired) electrons. The molecule has 0 aliphatic carbocycles. The van der Waals surface area contributed by atoms with Gasteiger partial charge in [0.05, 0.1) is 24.3 Å². The van der Waals surface area contributed by atoms with Gasteiger partial charge in [-0.2, -0.15) is 0 Å². The topological polar surface area (TPSA) is 58.6 Å². The van der Waals surface area contributed by atoms with Gasteiger partial charge in [0.2, 0.25) is 0 Å². The molecule has 1 aromatic heterocycles. The summed E-state index contributed by atoms with van der Waals surface area (Å²) in [5.74, 6) is -0.224. The van der Waals surface area contributed by atoms with Gasteiger partial charge < -0.3 is 10.1 Å². The lowest BCUT2D eigenvalue weighted by molar-refractivity contribution is -0.137. The smallest absolute Gasteiger partial charge is 0.278 e. The van der Waals surface area contributed by atoms with E-state index in [1.54, 1.807) is 42.5 Å². The molecule has 152 valence electrons. The van der Waals surface area contributed by atoms with Crippen LogP contribution in [0.4, 0.5) is 5.69 Å². The zero-order valence-electron chi connectivity index (χ0n) is 15.8. The average molecular weight is 459 g/mol. The molecule has 3 aromatic rings. The van der Waals surface area contributed by atoms with E-state index in [-0.39, 0.29) is 18.1 Å². The van der Waals surface area contributed by atoms with Gasteiger partial charge in [-0.05, 0) is 47.3 Å². The summed E-state index contributed by atoms with van der Waals surface area (Å²) >= 11 is 13.6. The number of amides is 2. The van der Waals surface area contributed by atoms with E-state index in [4.69, 9.17) is 27.9 Å². The van der Waals surface area contributed by atoms with Crippen LogP contribution >= 0.6 is 34.5 Å². The largest absolute Gasteiger partial charge is 0.495 e. The second kappa shape index (κ2) is 8.52. The van der Waals surface area contributed by atoms with Gasteiger partial charge >= 0.3 is 0 Å². The van der Waals surface area contributed by atoms with E-state index in [0.717, 1.165) is 5.56 Å². The van der Waals surface area contributed by atoms with Gasteiger partial charge in [0.25, 0.3) is 11.8 Å². The molecule has 0 fully saturated rings. The van der Waals surface area contributed by atoms with Crippen molar-refractivity contribution < 1.29 is 14.3 Å². The molecule has 0 spiro atoms. The summed E-state index contributed by atoms with van der Waals surface area (Å²) in [6.07, 6.45) is 0. The fraction of sp³-hybridized carbons (Fsp3) is 0.0909. The van der Waals surface area contributed by atoms with E-state index >= 15 is 0 Å². The molecule has 4 rings (SSSR count). The third kappa shape index (κ3) is 3.94. The number of nitrogens with zero attached hydrogens (tertiary/aromatic N) is 1. The fourth-order valence-corrected chi connectivity index (χ4v) is 4.30. The number of halogens is 2. The average Bonchev–Trinajstić information content (AvgIpc) is 3.33. The van der Waals surface area contributed by atoms with E-state index in [1.165, 1.54) is 23.3 Å². The number of benzene rings is 2. The first kappa shape index (κ1) is 20.5. The van der Waals surface area contributed by atoms with Crippen LogP contribution in [-0.2, 0) is 16.1 Å². The monoisotopic (exact) mass is 458 g/mol. The molecule has 1 aliphatic heterocycles. The van der Waals surface area contributed by atoms with E-state index in [1.807, 2.05) is 17.5 Å². The lowest BCUT2D eigenvalue weighted by Crippen LogP contribution is -2.31. The Balaban J connectivity index is 1.69. The second-order valence-electron chi connectivity index (χ2n) is 6.52. The van der Waals surface area contributed by atoms with Crippen LogP contribution in [-0.4, -0.2) is 23.8 Å². The quantitative estimate of drug-likeness (QED) is 0.498. The zero-order valence-corrected chi connectivity index (χ0v) is 18.1. The Labute approximate surface area is 187 Å². The first-order valence-electron chi connectivity index (χ1n) is 8.97. The third-order valence-electron chi connectivity index (χ3n) is 4.61. The lowest BCUT2D eigenvalue weighted by Gasteiger charge is -2.15. The minimum Gasteiger partial charge on any atom is -0.495 e. The van der Waals surface area contributed by atoms with Crippen molar-refractivity contribution in [1.29, 1.82) is 0 Å². The number of anilines is 1. The van der Waals surface area contributed by atoms with Crippen LogP contribution in [0.3, 0.4) is 0 Å². The van der Waals surface area contributed by atoms with Crippen molar-refractivity contribution in [3.05, 3.63) is 86.2 Å². The number of carbonyl (C=O) groups excluding carboxylic acids is 2. The van der Waals surface area contributed by atoms with Crippen LogP contribution in [0.2, 0.25) is 10.0 Å². The normalized spacial score (nSPS) is 13.9. The standard InChI is InChI=1S/C22H16Cl2N2O3S/c1-29-17-9-8-15(11-16(17)24)25-20-19(18-3-2-10-30-18)21(27)26(22(20)28)12-13-4-6-14(23)7-5-13/h2-11,25H,12H2,1H3. The van der Waals surface area contributed by atoms with Crippen molar-refractivity contribution in [2.45, 2.75) is 6.54 Å². The van der Waals surface area contributed by atoms with Gasteiger partial charge in [0.1, 0.15) is 11.4 Å². The SMILES string of the molecule is COc1ccc(NC2=C(c3cccs3)C(=O)N(Cc3ccc(Cl)cc3)C2=O)cc1Cl. The molecule has 0 saturated carbocycles. The summed E-state index contributed by atoms with van der Waals surface area (Å²) in [4.78, 5) is 28.4. The number of thiophene rings is 1. The molecular formula is C22H16Cl2N2O3S. The molecule has 2 heterocycles. The number of ether oxygens (including phenoxy) is 1. The Morgan fingerprint density at radius 1 is 1.03 bits per heavy atom. The first-order valence-corrected chi connectivity index (χ1v) is 10.6. The van der Waals surface area contributed by atoms with Crippen molar-refractivity contribution in [2.75, 3.05) is 12.4 Å². The Hall–Kier alpha value is -2.80. The minimum absolute atomic E-state index is 0.151. The maximum absolute atomic E-state index is 13.2. The Bertz CT molecular complexity index is 1140. The summed E-state index contributed by atoms with van der Waals surface area (Å²) in [5.41, 5.74) is 1.95. The Morgan fingerprint density at radius 2 is 1.80 bits per heavy atom. The molecule has 2 amide bonds. The predicted molar refractivity (Wildman–Crippen MR) is 120 cm³/mol. The van der Waals surface area contributed by atoms with Gasteiger partial charge in [-0.15, -0.1) is 11.3 Å².